The van der Waals surface area contributed by atoms with Gasteiger partial charge in [0.25, 0.3) is 5.91 Å². The first-order valence-corrected chi connectivity index (χ1v) is 10.6. The molecule has 0 aromatic heterocycles. The molecule has 1 N–H and O–H groups in total. The van der Waals surface area contributed by atoms with Gasteiger partial charge in [-0.1, -0.05) is 12.1 Å². The van der Waals surface area contributed by atoms with E-state index in [1.807, 2.05) is 38.1 Å². The first kappa shape index (κ1) is 22.2. The zero-order chi connectivity index (χ0) is 21.7. The van der Waals surface area contributed by atoms with Gasteiger partial charge in [-0.2, -0.15) is 0 Å². The molecule has 0 spiro atoms. The zero-order valence-electron chi connectivity index (χ0n) is 18.4. The summed E-state index contributed by atoms with van der Waals surface area (Å²) in [5.74, 6) is 0.405. The SMILES string of the molecule is COc1cccc(C2C=NC(N3CCCN(C)CC3)C(=O)N2CC(=O)NC(C)C)c1. The number of likely N-dealkylation sites (N-methyl/N-ethyl adjacent to an activating group) is 1. The van der Waals surface area contributed by atoms with Crippen LogP contribution in [0.3, 0.4) is 0 Å². The molecule has 2 amide bonds. The predicted octanol–water partition coefficient (Wildman–Crippen LogP) is 1.14. The molecule has 3 rings (SSSR count). The van der Waals surface area contributed by atoms with E-state index in [2.05, 4.69) is 27.2 Å². The molecule has 1 fully saturated rings. The Morgan fingerprint density at radius 2 is 2.07 bits per heavy atom. The van der Waals surface area contributed by atoms with E-state index in [0.29, 0.717) is 5.75 Å². The minimum Gasteiger partial charge on any atom is -0.497 e. The summed E-state index contributed by atoms with van der Waals surface area (Å²) in [5.41, 5.74) is 0.873. The highest BCUT2D eigenvalue weighted by atomic mass is 16.5. The standard InChI is InChI=1S/C22H33N5O3/c1-16(2)24-20(28)15-27-19(17-7-5-8-18(13-17)30-4)14-23-21(22(27)29)26-10-6-9-25(3)11-12-26/h5,7-8,13-14,16,19,21H,6,9-12,15H2,1-4H3,(H,24,28). The molecule has 30 heavy (non-hydrogen) atoms. The monoisotopic (exact) mass is 415 g/mol. The molecule has 0 radical (unpaired) electrons. The van der Waals surface area contributed by atoms with E-state index in [0.717, 1.165) is 38.2 Å². The van der Waals surface area contributed by atoms with Crippen LogP contribution in [0.1, 0.15) is 31.9 Å². The van der Waals surface area contributed by atoms with Crippen molar-refractivity contribution in [3.63, 3.8) is 0 Å². The van der Waals surface area contributed by atoms with Gasteiger partial charge in [0.2, 0.25) is 5.91 Å². The number of hydrogen-bond donors (Lipinski definition) is 1. The Labute approximate surface area is 178 Å². The molecule has 0 bridgehead atoms. The fourth-order valence-electron chi connectivity index (χ4n) is 3.94. The second-order valence-corrected chi connectivity index (χ2v) is 8.27. The third-order valence-corrected chi connectivity index (χ3v) is 5.51. The molecule has 8 heteroatoms. The van der Waals surface area contributed by atoms with Crippen molar-refractivity contribution in [3.05, 3.63) is 29.8 Å². The van der Waals surface area contributed by atoms with Crippen LogP contribution in [0.25, 0.3) is 0 Å². The minimum absolute atomic E-state index is 0.00481. The molecule has 2 aliphatic heterocycles. The lowest BCUT2D eigenvalue weighted by atomic mass is 10.0. The number of rotatable bonds is 6. The van der Waals surface area contributed by atoms with Gasteiger partial charge < -0.3 is 19.9 Å². The van der Waals surface area contributed by atoms with Crippen LogP contribution in [-0.2, 0) is 9.59 Å². The van der Waals surface area contributed by atoms with Crippen molar-refractivity contribution in [2.24, 2.45) is 4.99 Å². The third-order valence-electron chi connectivity index (χ3n) is 5.51. The maximum absolute atomic E-state index is 13.5. The lowest BCUT2D eigenvalue weighted by Crippen LogP contribution is -2.55. The molecule has 0 aliphatic carbocycles. The van der Waals surface area contributed by atoms with Crippen molar-refractivity contribution in [1.82, 2.24) is 20.0 Å². The highest BCUT2D eigenvalue weighted by molar-refractivity contribution is 5.93. The minimum atomic E-state index is -0.579. The normalized spacial score (nSPS) is 23.5. The van der Waals surface area contributed by atoms with Crippen LogP contribution < -0.4 is 10.1 Å². The number of ether oxygens (including phenoxy) is 1. The third kappa shape index (κ3) is 5.37. The average molecular weight is 416 g/mol. The quantitative estimate of drug-likeness (QED) is 0.754. The Balaban J connectivity index is 1.88. The first-order chi connectivity index (χ1) is 14.4. The highest BCUT2D eigenvalue weighted by Crippen LogP contribution is 2.28. The van der Waals surface area contributed by atoms with Gasteiger partial charge in [0.05, 0.1) is 13.2 Å². The van der Waals surface area contributed by atoms with Crippen molar-refractivity contribution in [1.29, 1.82) is 0 Å². The van der Waals surface area contributed by atoms with Gasteiger partial charge in [-0.05, 0) is 51.6 Å². The fraction of sp³-hybridized carbons (Fsp3) is 0.591. The predicted molar refractivity (Wildman–Crippen MR) is 117 cm³/mol. The summed E-state index contributed by atoms with van der Waals surface area (Å²) in [6.45, 7) is 7.31. The van der Waals surface area contributed by atoms with Gasteiger partial charge in [0.1, 0.15) is 12.3 Å². The molecule has 2 aliphatic rings. The van der Waals surface area contributed by atoms with Crippen LogP contribution >= 0.6 is 0 Å². The zero-order valence-corrected chi connectivity index (χ0v) is 18.4. The summed E-state index contributed by atoms with van der Waals surface area (Å²) >= 11 is 0. The Hall–Kier alpha value is -2.45. The van der Waals surface area contributed by atoms with Gasteiger partial charge in [0.15, 0.2) is 6.17 Å². The maximum Gasteiger partial charge on any atom is 0.263 e. The number of nitrogens with one attached hydrogen (secondary N) is 1. The van der Waals surface area contributed by atoms with Crippen molar-refractivity contribution in [2.75, 3.05) is 46.9 Å². The van der Waals surface area contributed by atoms with E-state index >= 15 is 0 Å². The Morgan fingerprint density at radius 1 is 1.27 bits per heavy atom. The van der Waals surface area contributed by atoms with Gasteiger partial charge in [-0.25, -0.2) is 0 Å². The molecular weight excluding hydrogens is 382 g/mol. The van der Waals surface area contributed by atoms with E-state index in [9.17, 15) is 9.59 Å². The lowest BCUT2D eigenvalue weighted by molar-refractivity contribution is -0.142. The molecule has 1 aromatic carbocycles. The maximum atomic E-state index is 13.5. The second kappa shape index (κ2) is 10.0. The van der Waals surface area contributed by atoms with Crippen LogP contribution in [0.2, 0.25) is 0 Å². The number of carbonyl (C=O) groups is 2. The summed E-state index contributed by atoms with van der Waals surface area (Å²) in [5, 5.41) is 2.89. The first-order valence-electron chi connectivity index (χ1n) is 10.6. The van der Waals surface area contributed by atoms with Crippen LogP contribution in [-0.4, -0.2) is 91.8 Å². The molecule has 1 aromatic rings. The summed E-state index contributed by atoms with van der Waals surface area (Å²) in [4.78, 5) is 36.8. The number of amides is 2. The van der Waals surface area contributed by atoms with Gasteiger partial charge in [-0.3, -0.25) is 19.5 Å². The van der Waals surface area contributed by atoms with E-state index in [1.165, 1.54) is 0 Å². The molecule has 2 unspecified atom stereocenters. The molecule has 164 valence electrons. The Kier molecular flexibility index (Phi) is 7.44. The number of methoxy groups -OCH3 is 1. The topological polar surface area (TPSA) is 77.5 Å². The summed E-state index contributed by atoms with van der Waals surface area (Å²) in [7, 11) is 3.70. The van der Waals surface area contributed by atoms with Gasteiger partial charge in [-0.15, -0.1) is 0 Å². The van der Waals surface area contributed by atoms with Crippen LogP contribution in [0.4, 0.5) is 0 Å². The number of hydrogen-bond acceptors (Lipinski definition) is 6. The smallest absolute Gasteiger partial charge is 0.263 e. The largest absolute Gasteiger partial charge is 0.497 e. The number of nitrogens with zero attached hydrogens (tertiary/aromatic N) is 4. The van der Waals surface area contributed by atoms with Crippen molar-refractivity contribution >= 4 is 18.0 Å². The van der Waals surface area contributed by atoms with E-state index in [4.69, 9.17) is 4.74 Å². The molecule has 2 atom stereocenters. The second-order valence-electron chi connectivity index (χ2n) is 8.27. The van der Waals surface area contributed by atoms with E-state index in [-0.39, 0.29) is 24.4 Å². The van der Waals surface area contributed by atoms with E-state index < -0.39 is 12.2 Å². The molecule has 1 saturated heterocycles. The van der Waals surface area contributed by atoms with Crippen LogP contribution in [0.15, 0.2) is 29.3 Å². The number of carbonyl (C=O) groups excluding carboxylic acids is 2. The van der Waals surface area contributed by atoms with Crippen molar-refractivity contribution in [2.45, 2.75) is 38.5 Å². The molecule has 0 saturated carbocycles. The van der Waals surface area contributed by atoms with Gasteiger partial charge >= 0.3 is 0 Å². The van der Waals surface area contributed by atoms with E-state index in [1.54, 1.807) is 18.2 Å². The van der Waals surface area contributed by atoms with Crippen molar-refractivity contribution in [3.8, 4) is 5.75 Å². The Bertz CT molecular complexity index is 782. The number of aliphatic imine (C=N–C) groups is 1. The Morgan fingerprint density at radius 3 is 2.80 bits per heavy atom. The summed E-state index contributed by atoms with van der Waals surface area (Å²) in [6, 6.07) is 7.17. The van der Waals surface area contributed by atoms with Crippen LogP contribution in [0.5, 0.6) is 5.75 Å². The van der Waals surface area contributed by atoms with Gasteiger partial charge in [0, 0.05) is 31.9 Å². The number of benzene rings is 1. The molecule has 8 nitrogen and oxygen atoms in total. The summed E-state index contributed by atoms with van der Waals surface area (Å²) in [6.07, 6.45) is 2.21. The lowest BCUT2D eigenvalue weighted by Gasteiger charge is -2.38. The van der Waals surface area contributed by atoms with Crippen molar-refractivity contribution < 1.29 is 14.3 Å². The fourth-order valence-corrected chi connectivity index (χ4v) is 3.94. The summed E-state index contributed by atoms with van der Waals surface area (Å²) < 4.78 is 5.34. The highest BCUT2D eigenvalue weighted by Gasteiger charge is 2.38. The van der Waals surface area contributed by atoms with Crippen LogP contribution in [0, 0.1) is 0 Å². The average Bonchev–Trinajstić information content (AvgIpc) is 2.93. The molecule has 2 heterocycles. The molecular formula is C22H33N5O3.